The molecule has 0 saturated carbocycles. The second kappa shape index (κ2) is 22.4. The Morgan fingerprint density at radius 3 is 2.00 bits per heavy atom. The summed E-state index contributed by atoms with van der Waals surface area (Å²) in [5.74, 6) is 0. The van der Waals surface area contributed by atoms with Gasteiger partial charge in [-0.3, -0.25) is 0 Å². The molecule has 144 valence electrons. The molecule has 0 radical (unpaired) electrons. The van der Waals surface area contributed by atoms with Crippen LogP contribution in [0.4, 0.5) is 0 Å². The lowest BCUT2D eigenvalue weighted by molar-refractivity contribution is 0.196. The zero-order valence-corrected chi connectivity index (χ0v) is 16.7. The lowest BCUT2D eigenvalue weighted by Crippen LogP contribution is -2.07. The van der Waals surface area contributed by atoms with Crippen LogP contribution < -0.4 is 0 Å². The van der Waals surface area contributed by atoms with Gasteiger partial charge in [0.25, 0.3) is 0 Å². The SMILES string of the molecule is C=CCCCCCCCCCO.CCC=C(C)C(O)CCCCC. The molecule has 0 heterocycles. The Labute approximate surface area is 152 Å². The fraction of sp³-hybridized carbons (Fsp3) is 0.818. The minimum atomic E-state index is -0.198. The fourth-order valence-electron chi connectivity index (χ4n) is 2.56. The topological polar surface area (TPSA) is 40.5 Å². The van der Waals surface area contributed by atoms with E-state index >= 15 is 0 Å². The van der Waals surface area contributed by atoms with E-state index in [1.165, 1.54) is 51.4 Å². The van der Waals surface area contributed by atoms with Crippen molar-refractivity contribution in [2.45, 2.75) is 110 Å². The van der Waals surface area contributed by atoms with Crippen LogP contribution in [-0.2, 0) is 0 Å². The Kier molecular flexibility index (Phi) is 23.9. The van der Waals surface area contributed by atoms with Gasteiger partial charge in [0, 0.05) is 6.61 Å². The Balaban J connectivity index is 0. The fourth-order valence-corrected chi connectivity index (χ4v) is 2.56. The number of hydrogen-bond acceptors (Lipinski definition) is 2. The molecule has 0 aromatic carbocycles. The summed E-state index contributed by atoms with van der Waals surface area (Å²) in [6, 6.07) is 0. The smallest absolute Gasteiger partial charge is 0.0747 e. The second-order valence-corrected chi connectivity index (χ2v) is 6.64. The molecule has 0 rings (SSSR count). The highest BCUT2D eigenvalue weighted by atomic mass is 16.3. The van der Waals surface area contributed by atoms with Crippen molar-refractivity contribution < 1.29 is 10.2 Å². The number of hydrogen-bond donors (Lipinski definition) is 2. The standard InChI is InChI=1S/2C11H22O/c1-4-6-7-9-11(12)10(3)8-5-2;1-2-3-4-5-6-7-8-9-10-11-12/h8,11-12H,4-7,9H2,1-3H3;2,12H,1,3-11H2. The maximum Gasteiger partial charge on any atom is 0.0747 e. The van der Waals surface area contributed by atoms with Crippen LogP contribution in [0.5, 0.6) is 0 Å². The molecule has 0 aliphatic carbocycles. The van der Waals surface area contributed by atoms with Gasteiger partial charge in [-0.1, -0.05) is 77.4 Å². The molecule has 0 aromatic rings. The highest BCUT2D eigenvalue weighted by Crippen LogP contribution is 2.11. The molecule has 0 aliphatic heterocycles. The zero-order chi connectivity index (χ0) is 18.5. The predicted molar refractivity (Wildman–Crippen MR) is 108 cm³/mol. The summed E-state index contributed by atoms with van der Waals surface area (Å²) in [6.45, 7) is 10.3. The second-order valence-electron chi connectivity index (χ2n) is 6.64. The van der Waals surface area contributed by atoms with Crippen LogP contribution in [0, 0.1) is 0 Å². The van der Waals surface area contributed by atoms with Gasteiger partial charge in [0.15, 0.2) is 0 Å². The van der Waals surface area contributed by atoms with Crippen LogP contribution in [0.3, 0.4) is 0 Å². The van der Waals surface area contributed by atoms with Gasteiger partial charge in [0.1, 0.15) is 0 Å². The van der Waals surface area contributed by atoms with E-state index in [0.29, 0.717) is 6.61 Å². The Morgan fingerprint density at radius 1 is 0.917 bits per heavy atom. The van der Waals surface area contributed by atoms with Crippen molar-refractivity contribution >= 4 is 0 Å². The summed E-state index contributed by atoms with van der Waals surface area (Å²) in [7, 11) is 0. The first kappa shape index (κ1) is 25.6. The van der Waals surface area contributed by atoms with Crippen LogP contribution in [0.15, 0.2) is 24.3 Å². The molecule has 1 atom stereocenters. The summed E-state index contributed by atoms with van der Waals surface area (Å²) in [6.07, 6.45) is 19.4. The van der Waals surface area contributed by atoms with E-state index < -0.39 is 0 Å². The van der Waals surface area contributed by atoms with Crippen molar-refractivity contribution in [1.82, 2.24) is 0 Å². The van der Waals surface area contributed by atoms with Crippen molar-refractivity contribution in [2.24, 2.45) is 0 Å². The molecule has 0 saturated heterocycles. The molecule has 0 aromatic heterocycles. The molecule has 2 nitrogen and oxygen atoms in total. The summed E-state index contributed by atoms with van der Waals surface area (Å²) >= 11 is 0. The zero-order valence-electron chi connectivity index (χ0n) is 16.7. The average Bonchev–Trinajstić information content (AvgIpc) is 2.58. The minimum absolute atomic E-state index is 0.198. The number of allylic oxidation sites excluding steroid dienone is 2. The van der Waals surface area contributed by atoms with Crippen molar-refractivity contribution in [1.29, 1.82) is 0 Å². The predicted octanol–water partition coefficient (Wildman–Crippen LogP) is 6.57. The molecule has 0 amide bonds. The van der Waals surface area contributed by atoms with E-state index in [-0.39, 0.29) is 6.10 Å². The third-order valence-corrected chi connectivity index (χ3v) is 4.20. The van der Waals surface area contributed by atoms with Gasteiger partial charge in [-0.05, 0) is 44.6 Å². The van der Waals surface area contributed by atoms with Crippen LogP contribution >= 0.6 is 0 Å². The molecule has 2 heteroatoms. The van der Waals surface area contributed by atoms with E-state index in [0.717, 1.165) is 37.7 Å². The van der Waals surface area contributed by atoms with E-state index in [9.17, 15) is 5.11 Å². The van der Waals surface area contributed by atoms with Gasteiger partial charge in [0.05, 0.1) is 6.10 Å². The summed E-state index contributed by atoms with van der Waals surface area (Å²) in [5, 5.41) is 18.1. The monoisotopic (exact) mass is 340 g/mol. The molecule has 2 N–H and O–H groups in total. The maximum atomic E-state index is 9.61. The first-order valence-electron chi connectivity index (χ1n) is 10.2. The summed E-state index contributed by atoms with van der Waals surface area (Å²) in [5.41, 5.74) is 1.13. The number of rotatable bonds is 15. The average molecular weight is 341 g/mol. The van der Waals surface area contributed by atoms with Crippen molar-refractivity contribution in [3.05, 3.63) is 24.3 Å². The first-order valence-corrected chi connectivity index (χ1v) is 10.2. The Bertz CT molecular complexity index is 271. The molecular weight excluding hydrogens is 296 g/mol. The molecule has 0 fully saturated rings. The third kappa shape index (κ3) is 21.4. The van der Waals surface area contributed by atoms with E-state index in [1.54, 1.807) is 0 Å². The van der Waals surface area contributed by atoms with E-state index in [2.05, 4.69) is 26.5 Å². The molecule has 0 bridgehead atoms. The van der Waals surface area contributed by atoms with Gasteiger partial charge in [-0.15, -0.1) is 6.58 Å². The van der Waals surface area contributed by atoms with Crippen LogP contribution in [-0.4, -0.2) is 22.9 Å². The normalized spacial score (nSPS) is 12.5. The lowest BCUT2D eigenvalue weighted by atomic mass is 10.0. The van der Waals surface area contributed by atoms with Crippen LogP contribution in [0.25, 0.3) is 0 Å². The summed E-state index contributed by atoms with van der Waals surface area (Å²) in [4.78, 5) is 0. The minimum Gasteiger partial charge on any atom is -0.396 e. The quantitative estimate of drug-likeness (QED) is 0.261. The highest BCUT2D eigenvalue weighted by molar-refractivity contribution is 5.03. The highest BCUT2D eigenvalue weighted by Gasteiger charge is 2.04. The van der Waals surface area contributed by atoms with Gasteiger partial charge in [-0.2, -0.15) is 0 Å². The van der Waals surface area contributed by atoms with Gasteiger partial charge in [-0.25, -0.2) is 0 Å². The third-order valence-electron chi connectivity index (χ3n) is 4.20. The largest absolute Gasteiger partial charge is 0.396 e. The Hall–Kier alpha value is -0.600. The number of unbranched alkanes of at least 4 members (excludes halogenated alkanes) is 9. The molecule has 24 heavy (non-hydrogen) atoms. The van der Waals surface area contributed by atoms with Gasteiger partial charge >= 0.3 is 0 Å². The van der Waals surface area contributed by atoms with Gasteiger partial charge < -0.3 is 10.2 Å². The number of aliphatic hydroxyl groups excluding tert-OH is 2. The molecule has 0 aliphatic rings. The Morgan fingerprint density at radius 2 is 1.50 bits per heavy atom. The molecule has 1 unspecified atom stereocenters. The van der Waals surface area contributed by atoms with Gasteiger partial charge in [0.2, 0.25) is 0 Å². The van der Waals surface area contributed by atoms with Crippen molar-refractivity contribution in [3.8, 4) is 0 Å². The van der Waals surface area contributed by atoms with Crippen LogP contribution in [0.2, 0.25) is 0 Å². The van der Waals surface area contributed by atoms with Crippen LogP contribution in [0.1, 0.15) is 104 Å². The number of aliphatic hydroxyl groups is 2. The van der Waals surface area contributed by atoms with E-state index in [4.69, 9.17) is 5.11 Å². The molecular formula is C22H44O2. The molecule has 0 spiro atoms. The van der Waals surface area contributed by atoms with Crippen molar-refractivity contribution in [3.63, 3.8) is 0 Å². The maximum absolute atomic E-state index is 9.61. The lowest BCUT2D eigenvalue weighted by Gasteiger charge is -2.10. The first-order chi connectivity index (χ1) is 11.6. The summed E-state index contributed by atoms with van der Waals surface area (Å²) < 4.78 is 0. The van der Waals surface area contributed by atoms with E-state index in [1.807, 2.05) is 13.0 Å². The van der Waals surface area contributed by atoms with Crippen molar-refractivity contribution in [2.75, 3.05) is 6.61 Å².